The van der Waals surface area contributed by atoms with Crippen molar-refractivity contribution in [1.82, 2.24) is 5.32 Å². The first kappa shape index (κ1) is 19.5. The molecule has 1 N–H and O–H groups in total. The Hall–Kier alpha value is -2.79. The summed E-state index contributed by atoms with van der Waals surface area (Å²) in [6.07, 6.45) is -1.11. The van der Waals surface area contributed by atoms with E-state index in [4.69, 9.17) is 11.6 Å². The van der Waals surface area contributed by atoms with Crippen LogP contribution in [0, 0.1) is 34.6 Å². The highest BCUT2D eigenvalue weighted by Gasteiger charge is 2.34. The van der Waals surface area contributed by atoms with Crippen LogP contribution in [0.4, 0.5) is 22.4 Å². The van der Waals surface area contributed by atoms with Gasteiger partial charge in [0.1, 0.15) is 11.6 Å². The fourth-order valence-corrected chi connectivity index (χ4v) is 2.58. The summed E-state index contributed by atoms with van der Waals surface area (Å²) in [5.41, 5.74) is -0.814. The Balaban J connectivity index is 2.66. The molecule has 9 heteroatoms. The van der Waals surface area contributed by atoms with Gasteiger partial charge in [0.05, 0.1) is 35.7 Å². The van der Waals surface area contributed by atoms with Crippen molar-refractivity contribution in [3.8, 4) is 6.07 Å². The Morgan fingerprint density at radius 2 is 1.81 bits per heavy atom. The fourth-order valence-electron chi connectivity index (χ4n) is 2.38. The van der Waals surface area contributed by atoms with E-state index in [1.54, 1.807) is 6.07 Å². The molecule has 1 amide bonds. The number of carbonyl (C=O) groups is 1. The minimum atomic E-state index is -1.69. The molecule has 0 radical (unpaired) electrons. The monoisotopic (exact) mass is 386 g/mol. The lowest BCUT2D eigenvalue weighted by Gasteiger charge is -2.25. The third-order valence-corrected chi connectivity index (χ3v) is 3.89. The largest absolute Gasteiger partial charge is 0.453 e. The SMILES string of the molecule is COC(=O)NC(c1c(F)c(F)cc(Cl)c1F)C(C#N)c1ccc(F)cc1. The van der Waals surface area contributed by atoms with E-state index < -0.39 is 51.9 Å². The zero-order chi connectivity index (χ0) is 19.4. The lowest BCUT2D eigenvalue weighted by molar-refractivity contribution is 0.165. The zero-order valence-corrected chi connectivity index (χ0v) is 14.0. The van der Waals surface area contributed by atoms with Gasteiger partial charge in [-0.2, -0.15) is 5.26 Å². The first-order valence-corrected chi connectivity index (χ1v) is 7.50. The van der Waals surface area contributed by atoms with E-state index >= 15 is 0 Å². The second-order valence-electron chi connectivity index (χ2n) is 5.15. The van der Waals surface area contributed by atoms with Crippen LogP contribution in [0.5, 0.6) is 0 Å². The summed E-state index contributed by atoms with van der Waals surface area (Å²) in [6.45, 7) is 0. The highest BCUT2D eigenvalue weighted by Crippen LogP contribution is 2.36. The smallest absolute Gasteiger partial charge is 0.407 e. The van der Waals surface area contributed by atoms with Crippen LogP contribution in [0.25, 0.3) is 0 Å². The van der Waals surface area contributed by atoms with Gasteiger partial charge >= 0.3 is 6.09 Å². The molecule has 0 saturated carbocycles. The van der Waals surface area contributed by atoms with E-state index in [0.29, 0.717) is 6.07 Å². The number of halogens is 5. The summed E-state index contributed by atoms with van der Waals surface area (Å²) in [5.74, 6) is -6.41. The molecule has 0 spiro atoms. The second kappa shape index (κ2) is 8.06. The van der Waals surface area contributed by atoms with Crippen LogP contribution >= 0.6 is 11.6 Å². The topological polar surface area (TPSA) is 62.1 Å². The summed E-state index contributed by atoms with van der Waals surface area (Å²) in [7, 11) is 0.997. The number of carbonyl (C=O) groups excluding carboxylic acids is 1. The maximum atomic E-state index is 14.4. The molecule has 0 saturated heterocycles. The van der Waals surface area contributed by atoms with Gasteiger partial charge in [-0.25, -0.2) is 22.4 Å². The van der Waals surface area contributed by atoms with Gasteiger partial charge in [-0.05, 0) is 23.8 Å². The number of nitrogens with one attached hydrogen (secondary N) is 1. The van der Waals surface area contributed by atoms with Crippen LogP contribution in [0.2, 0.25) is 5.02 Å². The van der Waals surface area contributed by atoms with E-state index in [-0.39, 0.29) is 5.56 Å². The number of nitrogens with zero attached hydrogens (tertiary/aromatic N) is 1. The minimum absolute atomic E-state index is 0.134. The van der Waals surface area contributed by atoms with Gasteiger partial charge in [-0.1, -0.05) is 23.7 Å². The van der Waals surface area contributed by atoms with E-state index in [1.165, 1.54) is 12.1 Å². The molecule has 136 valence electrons. The van der Waals surface area contributed by atoms with E-state index in [1.807, 2.05) is 0 Å². The van der Waals surface area contributed by atoms with Crippen molar-refractivity contribution in [3.05, 3.63) is 69.8 Å². The quantitative estimate of drug-likeness (QED) is 0.617. The first-order chi connectivity index (χ1) is 12.3. The number of rotatable bonds is 4. The predicted octanol–water partition coefficient (Wildman–Crippen LogP) is 4.60. The molecular weight excluding hydrogens is 376 g/mol. The molecule has 0 aromatic heterocycles. The lowest BCUT2D eigenvalue weighted by atomic mass is 9.87. The predicted molar refractivity (Wildman–Crippen MR) is 84.4 cm³/mol. The summed E-state index contributed by atoms with van der Waals surface area (Å²) in [6, 6.07) is 4.97. The molecule has 0 aliphatic carbocycles. The number of amides is 1. The summed E-state index contributed by atoms with van der Waals surface area (Å²) < 4.78 is 59.9. The zero-order valence-electron chi connectivity index (χ0n) is 13.2. The van der Waals surface area contributed by atoms with Gasteiger partial charge in [0, 0.05) is 0 Å². The molecule has 26 heavy (non-hydrogen) atoms. The van der Waals surface area contributed by atoms with Crippen LogP contribution < -0.4 is 5.32 Å². The van der Waals surface area contributed by atoms with Crippen molar-refractivity contribution in [2.45, 2.75) is 12.0 Å². The van der Waals surface area contributed by atoms with Gasteiger partial charge in [-0.3, -0.25) is 0 Å². The number of hydrogen-bond acceptors (Lipinski definition) is 3. The van der Waals surface area contributed by atoms with Gasteiger partial charge in [0.2, 0.25) is 0 Å². The Bertz CT molecular complexity index is 842. The van der Waals surface area contributed by atoms with Crippen LogP contribution in [0.3, 0.4) is 0 Å². The van der Waals surface area contributed by atoms with E-state index in [9.17, 15) is 27.6 Å². The number of benzene rings is 2. The standard InChI is InChI=1S/C17H11ClF4N2O2/c1-26-17(25)24-16(10(7-23)8-2-4-9(19)5-3-8)13-14(21)11(18)6-12(20)15(13)22/h2-6,10,16H,1H3,(H,24,25). The molecule has 0 aliphatic heterocycles. The third-order valence-electron chi connectivity index (χ3n) is 3.62. The first-order valence-electron chi connectivity index (χ1n) is 7.12. The highest BCUT2D eigenvalue weighted by atomic mass is 35.5. The molecule has 0 aliphatic rings. The summed E-state index contributed by atoms with van der Waals surface area (Å²) in [4.78, 5) is 11.6. The van der Waals surface area contributed by atoms with Crippen molar-refractivity contribution >= 4 is 17.7 Å². The average molecular weight is 387 g/mol. The third kappa shape index (κ3) is 3.89. The molecule has 0 bridgehead atoms. The summed E-state index contributed by atoms with van der Waals surface area (Å²) >= 11 is 5.56. The maximum Gasteiger partial charge on any atom is 0.407 e. The number of hydrogen-bond donors (Lipinski definition) is 1. The number of methoxy groups -OCH3 is 1. The Morgan fingerprint density at radius 1 is 1.19 bits per heavy atom. The minimum Gasteiger partial charge on any atom is -0.453 e. The van der Waals surface area contributed by atoms with Gasteiger partial charge in [0.15, 0.2) is 11.6 Å². The molecule has 2 aromatic carbocycles. The van der Waals surface area contributed by atoms with Crippen molar-refractivity contribution in [2.75, 3.05) is 7.11 Å². The Labute approximate surface area is 150 Å². The average Bonchev–Trinajstić information content (AvgIpc) is 2.62. The molecule has 4 nitrogen and oxygen atoms in total. The van der Waals surface area contributed by atoms with Crippen molar-refractivity contribution in [2.24, 2.45) is 0 Å². The fraction of sp³-hybridized carbons (Fsp3) is 0.176. The van der Waals surface area contributed by atoms with Crippen LogP contribution in [-0.2, 0) is 4.74 Å². The van der Waals surface area contributed by atoms with E-state index in [0.717, 1.165) is 19.2 Å². The molecule has 0 fully saturated rings. The maximum absolute atomic E-state index is 14.4. The molecular formula is C17H11ClF4N2O2. The van der Waals surface area contributed by atoms with Gasteiger partial charge in [0.25, 0.3) is 0 Å². The van der Waals surface area contributed by atoms with Crippen LogP contribution in [0.1, 0.15) is 23.1 Å². The van der Waals surface area contributed by atoms with Crippen molar-refractivity contribution < 1.29 is 27.1 Å². The highest BCUT2D eigenvalue weighted by molar-refractivity contribution is 6.30. The molecule has 2 atom stereocenters. The van der Waals surface area contributed by atoms with E-state index in [2.05, 4.69) is 10.1 Å². The van der Waals surface area contributed by atoms with Crippen molar-refractivity contribution in [1.29, 1.82) is 5.26 Å². The van der Waals surface area contributed by atoms with Crippen LogP contribution in [0.15, 0.2) is 30.3 Å². The van der Waals surface area contributed by atoms with Gasteiger partial charge < -0.3 is 10.1 Å². The number of nitriles is 1. The Kier molecular flexibility index (Phi) is 6.05. The van der Waals surface area contributed by atoms with Crippen LogP contribution in [-0.4, -0.2) is 13.2 Å². The molecule has 2 aromatic rings. The normalized spacial score (nSPS) is 12.8. The molecule has 0 heterocycles. The second-order valence-corrected chi connectivity index (χ2v) is 5.56. The molecule has 2 rings (SSSR count). The Morgan fingerprint density at radius 3 is 2.35 bits per heavy atom. The number of ether oxygens (including phenoxy) is 1. The van der Waals surface area contributed by atoms with Crippen molar-refractivity contribution in [3.63, 3.8) is 0 Å². The van der Waals surface area contributed by atoms with Gasteiger partial charge in [-0.15, -0.1) is 0 Å². The summed E-state index contributed by atoms with van der Waals surface area (Å²) in [5, 5.41) is 10.8. The lowest BCUT2D eigenvalue weighted by Crippen LogP contribution is -2.33. The molecule has 2 unspecified atom stereocenters. The number of alkyl carbamates (subject to hydrolysis) is 1.